The SMILES string of the molecule is c1c[nH]c(-c2nnc(N3CCN4CCC3CC4)o2)n1. The van der Waals surface area contributed by atoms with Crippen molar-refractivity contribution in [3.05, 3.63) is 12.4 Å². The lowest BCUT2D eigenvalue weighted by Crippen LogP contribution is -2.38. The molecule has 19 heavy (non-hydrogen) atoms. The number of nitrogens with zero attached hydrogens (tertiary/aromatic N) is 5. The Morgan fingerprint density at radius 2 is 2.05 bits per heavy atom. The zero-order chi connectivity index (χ0) is 12.7. The van der Waals surface area contributed by atoms with E-state index < -0.39 is 0 Å². The van der Waals surface area contributed by atoms with Crippen molar-refractivity contribution in [3.63, 3.8) is 0 Å². The van der Waals surface area contributed by atoms with Gasteiger partial charge in [0, 0.05) is 44.6 Å². The topological polar surface area (TPSA) is 74.1 Å². The second-order valence-corrected chi connectivity index (χ2v) is 5.09. The first-order chi connectivity index (χ1) is 9.40. The highest BCUT2D eigenvalue weighted by Crippen LogP contribution is 2.27. The van der Waals surface area contributed by atoms with E-state index in [-0.39, 0.29) is 0 Å². The highest BCUT2D eigenvalue weighted by molar-refractivity contribution is 5.42. The maximum absolute atomic E-state index is 5.77. The molecule has 0 unspecified atom stereocenters. The van der Waals surface area contributed by atoms with Gasteiger partial charge in [0.25, 0.3) is 5.89 Å². The Kier molecular flexibility index (Phi) is 2.51. The molecule has 1 N–H and O–H groups in total. The first-order valence-corrected chi connectivity index (χ1v) is 6.72. The second-order valence-electron chi connectivity index (χ2n) is 5.09. The van der Waals surface area contributed by atoms with Gasteiger partial charge in [-0.05, 0) is 12.8 Å². The molecule has 0 aromatic carbocycles. The van der Waals surface area contributed by atoms with Crippen molar-refractivity contribution in [1.82, 2.24) is 25.1 Å². The molecule has 2 aromatic heterocycles. The summed E-state index contributed by atoms with van der Waals surface area (Å²) in [7, 11) is 0. The monoisotopic (exact) mass is 260 g/mol. The van der Waals surface area contributed by atoms with Crippen LogP contribution in [0.25, 0.3) is 11.7 Å². The number of fused-ring (bicyclic) bond motifs is 4. The van der Waals surface area contributed by atoms with Crippen LogP contribution in [0.15, 0.2) is 16.8 Å². The van der Waals surface area contributed by atoms with E-state index in [1.165, 1.54) is 25.9 Å². The molecule has 7 heteroatoms. The van der Waals surface area contributed by atoms with Gasteiger partial charge in [0.05, 0.1) is 0 Å². The molecule has 3 saturated heterocycles. The number of aromatic amines is 1. The smallest absolute Gasteiger partial charge is 0.318 e. The minimum atomic E-state index is 0.458. The lowest BCUT2D eigenvalue weighted by Gasteiger charge is -2.29. The molecule has 2 bridgehead atoms. The fraction of sp³-hybridized carbons (Fsp3) is 0.583. The fourth-order valence-corrected chi connectivity index (χ4v) is 2.95. The zero-order valence-corrected chi connectivity index (χ0v) is 10.6. The van der Waals surface area contributed by atoms with Gasteiger partial charge in [0.15, 0.2) is 5.82 Å². The van der Waals surface area contributed by atoms with Crippen LogP contribution in [0.4, 0.5) is 6.01 Å². The van der Waals surface area contributed by atoms with Crippen LogP contribution >= 0.6 is 0 Å². The Morgan fingerprint density at radius 3 is 2.84 bits per heavy atom. The molecule has 100 valence electrons. The average Bonchev–Trinajstić information content (AvgIpc) is 3.05. The van der Waals surface area contributed by atoms with Gasteiger partial charge in [0.1, 0.15) is 0 Å². The van der Waals surface area contributed by atoms with E-state index in [0.29, 0.717) is 23.8 Å². The molecule has 0 spiro atoms. The zero-order valence-electron chi connectivity index (χ0n) is 10.6. The molecule has 0 amide bonds. The molecule has 3 fully saturated rings. The number of rotatable bonds is 2. The van der Waals surface area contributed by atoms with Gasteiger partial charge in [-0.2, -0.15) is 0 Å². The number of anilines is 1. The van der Waals surface area contributed by atoms with E-state index in [1.807, 2.05) is 0 Å². The molecule has 0 aliphatic carbocycles. The van der Waals surface area contributed by atoms with Gasteiger partial charge in [-0.25, -0.2) is 4.98 Å². The van der Waals surface area contributed by atoms with Gasteiger partial charge in [-0.15, -0.1) is 5.10 Å². The van der Waals surface area contributed by atoms with Gasteiger partial charge in [-0.3, -0.25) is 0 Å². The molecule has 5 heterocycles. The highest BCUT2D eigenvalue weighted by Gasteiger charge is 2.31. The number of aromatic nitrogens is 4. The maximum atomic E-state index is 5.77. The molecule has 7 nitrogen and oxygen atoms in total. The lowest BCUT2D eigenvalue weighted by molar-refractivity contribution is 0.249. The maximum Gasteiger partial charge on any atom is 0.318 e. The Morgan fingerprint density at radius 1 is 1.16 bits per heavy atom. The molecule has 0 atom stereocenters. The Hall–Kier alpha value is -1.89. The first-order valence-electron chi connectivity index (χ1n) is 6.72. The number of hydrogen-bond acceptors (Lipinski definition) is 6. The highest BCUT2D eigenvalue weighted by atomic mass is 16.4. The molecule has 3 aliphatic heterocycles. The van der Waals surface area contributed by atoms with Crippen LogP contribution in [0, 0.1) is 0 Å². The van der Waals surface area contributed by atoms with Crippen LogP contribution in [0.2, 0.25) is 0 Å². The van der Waals surface area contributed by atoms with Crippen molar-refractivity contribution >= 4 is 6.01 Å². The van der Waals surface area contributed by atoms with Gasteiger partial charge in [0.2, 0.25) is 0 Å². The molecular weight excluding hydrogens is 244 g/mol. The molecular formula is C12H16N6O. The van der Waals surface area contributed by atoms with Crippen molar-refractivity contribution < 1.29 is 4.42 Å². The van der Waals surface area contributed by atoms with Crippen LogP contribution < -0.4 is 4.90 Å². The summed E-state index contributed by atoms with van der Waals surface area (Å²) < 4.78 is 5.77. The summed E-state index contributed by atoms with van der Waals surface area (Å²) >= 11 is 0. The lowest BCUT2D eigenvalue weighted by atomic mass is 10.1. The van der Waals surface area contributed by atoms with E-state index in [9.17, 15) is 0 Å². The number of nitrogens with one attached hydrogen (secondary N) is 1. The Balaban J connectivity index is 1.62. The van der Waals surface area contributed by atoms with Crippen molar-refractivity contribution in [2.75, 3.05) is 31.1 Å². The van der Waals surface area contributed by atoms with Crippen LogP contribution in [-0.4, -0.2) is 57.3 Å². The van der Waals surface area contributed by atoms with Gasteiger partial charge in [-0.1, -0.05) is 5.10 Å². The first kappa shape index (κ1) is 11.0. The molecule has 0 radical (unpaired) electrons. The fourth-order valence-electron chi connectivity index (χ4n) is 2.95. The van der Waals surface area contributed by atoms with Crippen molar-refractivity contribution in [1.29, 1.82) is 0 Å². The summed E-state index contributed by atoms with van der Waals surface area (Å²) in [6.07, 6.45) is 5.79. The Bertz CT molecular complexity index is 542. The van der Waals surface area contributed by atoms with Crippen molar-refractivity contribution in [2.45, 2.75) is 18.9 Å². The summed E-state index contributed by atoms with van der Waals surface area (Å²) in [6, 6.07) is 1.16. The van der Waals surface area contributed by atoms with Crippen LogP contribution in [-0.2, 0) is 0 Å². The Labute approximate surface area is 110 Å². The normalized spacial score (nSPS) is 26.6. The predicted octanol–water partition coefficient (Wildman–Crippen LogP) is 0.744. The number of H-pyrrole nitrogens is 1. The van der Waals surface area contributed by atoms with Crippen LogP contribution in [0.1, 0.15) is 12.8 Å². The van der Waals surface area contributed by atoms with E-state index in [1.54, 1.807) is 12.4 Å². The molecule has 2 aromatic rings. The molecule has 3 aliphatic rings. The number of imidazole rings is 1. The summed E-state index contributed by atoms with van der Waals surface area (Å²) in [4.78, 5) is 11.9. The van der Waals surface area contributed by atoms with Crippen molar-refractivity contribution in [2.24, 2.45) is 0 Å². The quantitative estimate of drug-likeness (QED) is 0.858. The third kappa shape index (κ3) is 1.90. The van der Waals surface area contributed by atoms with E-state index in [0.717, 1.165) is 13.1 Å². The van der Waals surface area contributed by atoms with E-state index in [2.05, 4.69) is 30.0 Å². The summed E-state index contributed by atoms with van der Waals surface area (Å²) in [6.45, 7) is 4.40. The average molecular weight is 260 g/mol. The summed E-state index contributed by atoms with van der Waals surface area (Å²) in [5, 5.41) is 8.27. The third-order valence-corrected chi connectivity index (χ3v) is 4.02. The number of hydrogen-bond donors (Lipinski definition) is 1. The van der Waals surface area contributed by atoms with E-state index >= 15 is 0 Å². The van der Waals surface area contributed by atoms with Gasteiger partial charge >= 0.3 is 6.01 Å². The minimum Gasteiger partial charge on any atom is -0.400 e. The molecule has 5 rings (SSSR count). The largest absolute Gasteiger partial charge is 0.400 e. The standard InChI is InChI=1S/C12H16N6O/c1-5-17-6-2-9(1)18(8-7-17)12-16-15-11(19-12)10-13-3-4-14-10/h3-4,9H,1-2,5-8H2,(H,13,14). The van der Waals surface area contributed by atoms with Crippen molar-refractivity contribution in [3.8, 4) is 11.7 Å². The van der Waals surface area contributed by atoms with Gasteiger partial charge < -0.3 is 19.2 Å². The minimum absolute atomic E-state index is 0.458. The second kappa shape index (κ2) is 4.34. The molecule has 0 saturated carbocycles. The van der Waals surface area contributed by atoms with Crippen LogP contribution in [0.3, 0.4) is 0 Å². The van der Waals surface area contributed by atoms with E-state index in [4.69, 9.17) is 4.42 Å². The van der Waals surface area contributed by atoms with Crippen LogP contribution in [0.5, 0.6) is 0 Å². The summed E-state index contributed by atoms with van der Waals surface area (Å²) in [5.74, 6) is 1.08. The predicted molar refractivity (Wildman–Crippen MR) is 68.7 cm³/mol. The number of piperidine rings is 1. The summed E-state index contributed by atoms with van der Waals surface area (Å²) in [5.41, 5.74) is 0. The third-order valence-electron chi connectivity index (χ3n) is 4.02.